The SMILES string of the molecule is Cc1cc(Cl)c(-c2n[nH]c(=S)n2C)s1. The van der Waals surface area contributed by atoms with Crippen molar-refractivity contribution < 1.29 is 0 Å². The quantitative estimate of drug-likeness (QED) is 0.783. The number of aromatic amines is 1. The van der Waals surface area contributed by atoms with Crippen LogP contribution in [0.4, 0.5) is 0 Å². The maximum Gasteiger partial charge on any atom is 0.195 e. The summed E-state index contributed by atoms with van der Waals surface area (Å²) in [4.78, 5) is 2.12. The van der Waals surface area contributed by atoms with Crippen LogP contribution in [0.2, 0.25) is 5.02 Å². The molecule has 0 radical (unpaired) electrons. The molecule has 2 aromatic rings. The molecule has 74 valence electrons. The summed E-state index contributed by atoms with van der Waals surface area (Å²) in [5, 5.41) is 7.59. The lowest BCUT2D eigenvalue weighted by molar-refractivity contribution is 0.904. The van der Waals surface area contributed by atoms with Gasteiger partial charge < -0.3 is 4.57 Å². The Bertz CT molecular complexity index is 523. The van der Waals surface area contributed by atoms with Gasteiger partial charge in [0.25, 0.3) is 0 Å². The maximum atomic E-state index is 6.07. The Morgan fingerprint density at radius 2 is 2.36 bits per heavy atom. The Hall–Kier alpha value is -0.650. The Morgan fingerprint density at radius 1 is 1.64 bits per heavy atom. The van der Waals surface area contributed by atoms with E-state index in [-0.39, 0.29) is 0 Å². The van der Waals surface area contributed by atoms with E-state index in [1.807, 2.05) is 24.6 Å². The summed E-state index contributed by atoms with van der Waals surface area (Å²) >= 11 is 12.7. The van der Waals surface area contributed by atoms with E-state index in [0.29, 0.717) is 4.77 Å². The molecule has 0 unspecified atom stereocenters. The van der Waals surface area contributed by atoms with Gasteiger partial charge in [0, 0.05) is 11.9 Å². The number of halogens is 1. The number of aryl methyl sites for hydroxylation is 1. The molecule has 3 nitrogen and oxygen atoms in total. The molecule has 0 aliphatic rings. The van der Waals surface area contributed by atoms with Gasteiger partial charge in [-0.25, -0.2) is 0 Å². The molecule has 0 amide bonds. The molecule has 0 aliphatic heterocycles. The molecule has 0 bridgehead atoms. The zero-order chi connectivity index (χ0) is 10.3. The summed E-state index contributed by atoms with van der Waals surface area (Å²) in [5.74, 6) is 0.790. The van der Waals surface area contributed by atoms with Gasteiger partial charge in [-0.1, -0.05) is 11.6 Å². The van der Waals surface area contributed by atoms with Crippen molar-refractivity contribution in [1.29, 1.82) is 0 Å². The van der Waals surface area contributed by atoms with Gasteiger partial charge in [0.05, 0.1) is 9.90 Å². The van der Waals surface area contributed by atoms with Gasteiger partial charge in [-0.05, 0) is 25.2 Å². The van der Waals surface area contributed by atoms with Gasteiger partial charge in [-0.3, -0.25) is 5.10 Å². The highest BCUT2D eigenvalue weighted by Crippen LogP contribution is 2.34. The Morgan fingerprint density at radius 3 is 2.79 bits per heavy atom. The molecular formula is C8H8ClN3S2. The molecule has 6 heteroatoms. The second kappa shape index (κ2) is 3.49. The average molecular weight is 246 g/mol. The highest BCUT2D eigenvalue weighted by molar-refractivity contribution is 7.71. The van der Waals surface area contributed by atoms with Gasteiger partial charge in [-0.15, -0.1) is 11.3 Å². The fourth-order valence-corrected chi connectivity index (χ4v) is 2.68. The normalized spacial score (nSPS) is 10.8. The van der Waals surface area contributed by atoms with Crippen LogP contribution in [0.1, 0.15) is 4.88 Å². The van der Waals surface area contributed by atoms with Crippen molar-refractivity contribution in [3.8, 4) is 10.7 Å². The molecular weight excluding hydrogens is 238 g/mol. The van der Waals surface area contributed by atoms with Crippen molar-refractivity contribution in [2.45, 2.75) is 6.92 Å². The predicted molar refractivity (Wildman–Crippen MR) is 61.5 cm³/mol. The molecule has 14 heavy (non-hydrogen) atoms. The number of nitrogens with one attached hydrogen (secondary N) is 1. The molecule has 0 atom stereocenters. The van der Waals surface area contributed by atoms with Crippen molar-refractivity contribution in [1.82, 2.24) is 14.8 Å². The number of thiophene rings is 1. The minimum absolute atomic E-state index is 0.599. The third-order valence-corrected chi connectivity index (χ3v) is 3.71. The number of H-pyrrole nitrogens is 1. The van der Waals surface area contributed by atoms with Gasteiger partial charge in [-0.2, -0.15) is 5.10 Å². The largest absolute Gasteiger partial charge is 0.303 e. The average Bonchev–Trinajstić information content (AvgIpc) is 2.59. The fraction of sp³-hybridized carbons (Fsp3) is 0.250. The van der Waals surface area contributed by atoms with E-state index >= 15 is 0 Å². The minimum atomic E-state index is 0.599. The predicted octanol–water partition coefficient (Wildman–Crippen LogP) is 3.17. The summed E-state index contributed by atoms with van der Waals surface area (Å²) in [5.41, 5.74) is 0. The van der Waals surface area contributed by atoms with Crippen LogP contribution in [0.15, 0.2) is 6.07 Å². The number of hydrogen-bond donors (Lipinski definition) is 1. The molecule has 0 saturated heterocycles. The van der Waals surface area contributed by atoms with Gasteiger partial charge in [0.1, 0.15) is 0 Å². The summed E-state index contributed by atoms with van der Waals surface area (Å²) in [6, 6.07) is 1.93. The van der Waals surface area contributed by atoms with Crippen LogP contribution in [0.3, 0.4) is 0 Å². The van der Waals surface area contributed by atoms with Gasteiger partial charge >= 0.3 is 0 Å². The molecule has 0 aliphatic carbocycles. The van der Waals surface area contributed by atoms with E-state index in [9.17, 15) is 0 Å². The van der Waals surface area contributed by atoms with Crippen molar-refractivity contribution >= 4 is 35.2 Å². The number of hydrogen-bond acceptors (Lipinski definition) is 3. The van der Waals surface area contributed by atoms with Crippen molar-refractivity contribution in [2.75, 3.05) is 0 Å². The monoisotopic (exact) mass is 245 g/mol. The maximum absolute atomic E-state index is 6.07. The molecule has 2 aromatic heterocycles. The van der Waals surface area contributed by atoms with Crippen LogP contribution in [0.5, 0.6) is 0 Å². The van der Waals surface area contributed by atoms with Gasteiger partial charge in [0.15, 0.2) is 10.6 Å². The lowest BCUT2D eigenvalue weighted by atomic mass is 10.4. The lowest BCUT2D eigenvalue weighted by Crippen LogP contribution is -1.90. The van der Waals surface area contributed by atoms with Crippen LogP contribution < -0.4 is 0 Å². The summed E-state index contributed by atoms with van der Waals surface area (Å²) in [6.45, 7) is 2.02. The Labute approximate surface area is 95.3 Å². The molecule has 2 rings (SSSR count). The van der Waals surface area contributed by atoms with E-state index in [0.717, 1.165) is 15.7 Å². The number of nitrogens with zero attached hydrogens (tertiary/aromatic N) is 2. The fourth-order valence-electron chi connectivity index (χ4n) is 1.19. The zero-order valence-corrected chi connectivity index (χ0v) is 10.1. The first-order valence-corrected chi connectivity index (χ1v) is 5.57. The molecule has 2 heterocycles. The standard InChI is InChI=1S/C8H8ClN3S2/c1-4-3-5(9)6(14-4)7-10-11-8(13)12(7)2/h3H,1-2H3,(H,11,13). The summed E-state index contributed by atoms with van der Waals surface area (Å²) in [7, 11) is 1.87. The van der Waals surface area contributed by atoms with E-state index in [1.165, 1.54) is 4.88 Å². The van der Waals surface area contributed by atoms with Crippen LogP contribution in [0.25, 0.3) is 10.7 Å². The van der Waals surface area contributed by atoms with Crippen molar-refractivity contribution in [3.63, 3.8) is 0 Å². The van der Waals surface area contributed by atoms with Gasteiger partial charge in [0.2, 0.25) is 0 Å². The zero-order valence-electron chi connectivity index (χ0n) is 7.67. The van der Waals surface area contributed by atoms with E-state index in [4.69, 9.17) is 23.8 Å². The molecule has 0 spiro atoms. The van der Waals surface area contributed by atoms with E-state index in [1.54, 1.807) is 11.3 Å². The summed E-state index contributed by atoms with van der Waals surface area (Å²) < 4.78 is 2.41. The molecule has 0 aromatic carbocycles. The highest BCUT2D eigenvalue weighted by atomic mass is 35.5. The van der Waals surface area contributed by atoms with E-state index < -0.39 is 0 Å². The molecule has 0 fully saturated rings. The lowest BCUT2D eigenvalue weighted by Gasteiger charge is -1.96. The van der Waals surface area contributed by atoms with Crippen LogP contribution >= 0.6 is 35.2 Å². The molecule has 0 saturated carbocycles. The smallest absolute Gasteiger partial charge is 0.195 e. The van der Waals surface area contributed by atoms with Crippen LogP contribution in [-0.4, -0.2) is 14.8 Å². The topological polar surface area (TPSA) is 33.6 Å². The first-order valence-electron chi connectivity index (χ1n) is 3.97. The summed E-state index contributed by atoms with van der Waals surface area (Å²) in [6.07, 6.45) is 0. The number of aromatic nitrogens is 3. The highest BCUT2D eigenvalue weighted by Gasteiger charge is 2.12. The molecule has 1 N–H and O–H groups in total. The minimum Gasteiger partial charge on any atom is -0.303 e. The second-order valence-corrected chi connectivity index (χ2v) is 5.00. The first-order chi connectivity index (χ1) is 6.59. The Kier molecular flexibility index (Phi) is 2.47. The van der Waals surface area contributed by atoms with E-state index in [2.05, 4.69) is 10.2 Å². The van der Waals surface area contributed by atoms with Crippen molar-refractivity contribution in [3.05, 3.63) is 20.7 Å². The number of rotatable bonds is 1. The third-order valence-electron chi connectivity index (χ3n) is 1.89. The second-order valence-electron chi connectivity index (χ2n) is 2.95. The van der Waals surface area contributed by atoms with Crippen LogP contribution in [-0.2, 0) is 7.05 Å². The Balaban J connectivity index is 2.65. The van der Waals surface area contributed by atoms with Crippen LogP contribution in [0, 0.1) is 11.7 Å². The first kappa shape index (κ1) is 9.89. The third kappa shape index (κ3) is 1.51. The van der Waals surface area contributed by atoms with Crippen molar-refractivity contribution in [2.24, 2.45) is 7.05 Å².